The summed E-state index contributed by atoms with van der Waals surface area (Å²) >= 11 is 0. The first-order valence-corrected chi connectivity index (χ1v) is 7.91. The average molecular weight is 277 g/mol. The molecule has 1 aliphatic carbocycles. The molecule has 0 saturated heterocycles. The number of ether oxygens (including phenoxy) is 1. The average Bonchev–Trinajstić information content (AvgIpc) is 2.96. The minimum Gasteiger partial charge on any atom is -0.494 e. The molecule has 1 aromatic rings. The van der Waals surface area contributed by atoms with E-state index in [2.05, 4.69) is 5.32 Å². The summed E-state index contributed by atoms with van der Waals surface area (Å²) in [6, 6.07) is 9.89. The number of para-hydroxylation sites is 1. The van der Waals surface area contributed by atoms with Crippen LogP contribution in [0.25, 0.3) is 0 Å². The van der Waals surface area contributed by atoms with Crippen LogP contribution >= 0.6 is 0 Å². The quantitative estimate of drug-likeness (QED) is 0.682. The Hall–Kier alpha value is -1.06. The van der Waals surface area contributed by atoms with Gasteiger partial charge in [0.1, 0.15) is 5.75 Å². The van der Waals surface area contributed by atoms with E-state index in [0.717, 1.165) is 37.7 Å². The van der Waals surface area contributed by atoms with Gasteiger partial charge in [-0.05, 0) is 37.4 Å². The predicted molar refractivity (Wildman–Crippen MR) is 82.0 cm³/mol. The van der Waals surface area contributed by atoms with Crippen LogP contribution in [-0.4, -0.2) is 30.9 Å². The molecule has 0 radical (unpaired) electrons. The number of rotatable bonds is 9. The summed E-state index contributed by atoms with van der Waals surface area (Å²) in [5.41, 5.74) is 0. The van der Waals surface area contributed by atoms with E-state index >= 15 is 0 Å². The smallest absolute Gasteiger partial charge is 0.119 e. The summed E-state index contributed by atoms with van der Waals surface area (Å²) in [7, 11) is 0. The second-order valence-corrected chi connectivity index (χ2v) is 5.76. The van der Waals surface area contributed by atoms with E-state index in [1.807, 2.05) is 30.3 Å². The molecular formula is C17H27NO2. The fourth-order valence-corrected chi connectivity index (χ4v) is 2.89. The zero-order valence-electron chi connectivity index (χ0n) is 12.3. The minimum atomic E-state index is -0.187. The van der Waals surface area contributed by atoms with Gasteiger partial charge < -0.3 is 15.2 Å². The molecule has 0 heterocycles. The maximum absolute atomic E-state index is 9.95. The van der Waals surface area contributed by atoms with Gasteiger partial charge in [0.2, 0.25) is 0 Å². The number of hydrogen-bond donors (Lipinski definition) is 2. The molecular weight excluding hydrogens is 250 g/mol. The molecule has 1 fully saturated rings. The van der Waals surface area contributed by atoms with Crippen LogP contribution in [0.4, 0.5) is 0 Å². The highest BCUT2D eigenvalue weighted by molar-refractivity contribution is 5.20. The molecule has 1 atom stereocenters. The fraction of sp³-hybridized carbons (Fsp3) is 0.647. The van der Waals surface area contributed by atoms with Crippen molar-refractivity contribution >= 4 is 0 Å². The van der Waals surface area contributed by atoms with Crippen molar-refractivity contribution in [3.8, 4) is 5.75 Å². The topological polar surface area (TPSA) is 41.5 Å². The predicted octanol–water partition coefficient (Wildman–Crippen LogP) is 2.99. The van der Waals surface area contributed by atoms with E-state index in [9.17, 15) is 5.11 Å². The van der Waals surface area contributed by atoms with Crippen LogP contribution in [0, 0.1) is 5.92 Å². The van der Waals surface area contributed by atoms with E-state index in [1.165, 1.54) is 25.7 Å². The molecule has 2 N–H and O–H groups in total. The largest absolute Gasteiger partial charge is 0.494 e. The number of nitrogens with one attached hydrogen (secondary N) is 1. The molecule has 0 amide bonds. The molecule has 0 aliphatic heterocycles. The lowest BCUT2D eigenvalue weighted by Crippen LogP contribution is -2.29. The third kappa shape index (κ3) is 5.93. The third-order valence-electron chi connectivity index (χ3n) is 3.97. The number of hydrogen-bond acceptors (Lipinski definition) is 3. The van der Waals surface area contributed by atoms with E-state index in [4.69, 9.17) is 4.74 Å². The molecule has 1 saturated carbocycles. The van der Waals surface area contributed by atoms with Crippen molar-refractivity contribution in [1.29, 1.82) is 0 Å². The van der Waals surface area contributed by atoms with Crippen LogP contribution in [0.5, 0.6) is 5.75 Å². The van der Waals surface area contributed by atoms with Gasteiger partial charge in [0.15, 0.2) is 0 Å². The van der Waals surface area contributed by atoms with E-state index in [0.29, 0.717) is 6.54 Å². The van der Waals surface area contributed by atoms with Crippen molar-refractivity contribution in [2.45, 2.75) is 44.6 Å². The summed E-state index contributed by atoms with van der Waals surface area (Å²) in [6.07, 6.45) is 7.05. The zero-order valence-corrected chi connectivity index (χ0v) is 12.3. The van der Waals surface area contributed by atoms with Gasteiger partial charge >= 0.3 is 0 Å². The summed E-state index contributed by atoms with van der Waals surface area (Å²) in [5.74, 6) is 1.68. The third-order valence-corrected chi connectivity index (χ3v) is 3.97. The van der Waals surface area contributed by atoms with Crippen LogP contribution in [0.15, 0.2) is 30.3 Å². The molecule has 3 nitrogen and oxygen atoms in total. The normalized spacial score (nSPS) is 17.2. The molecule has 0 aromatic heterocycles. The second-order valence-electron chi connectivity index (χ2n) is 5.76. The first kappa shape index (κ1) is 15.3. The monoisotopic (exact) mass is 277 g/mol. The number of benzene rings is 1. The van der Waals surface area contributed by atoms with Gasteiger partial charge in [-0.25, -0.2) is 0 Å². The molecule has 0 bridgehead atoms. The van der Waals surface area contributed by atoms with E-state index in [-0.39, 0.29) is 6.10 Å². The molecule has 0 spiro atoms. The minimum absolute atomic E-state index is 0.187. The standard InChI is InChI=1S/C17H27NO2/c19-16(13-15-7-4-5-8-15)14-18-11-6-12-20-17-9-2-1-3-10-17/h1-3,9-10,15-16,18-19H,4-8,11-14H2. The van der Waals surface area contributed by atoms with Crippen LogP contribution in [0.1, 0.15) is 38.5 Å². The lowest BCUT2D eigenvalue weighted by Gasteiger charge is -2.16. The van der Waals surface area contributed by atoms with Crippen LogP contribution < -0.4 is 10.1 Å². The van der Waals surface area contributed by atoms with Crippen molar-refractivity contribution in [3.05, 3.63) is 30.3 Å². The number of aliphatic hydroxyl groups excluding tert-OH is 1. The van der Waals surface area contributed by atoms with Crippen molar-refractivity contribution in [2.75, 3.05) is 19.7 Å². The van der Waals surface area contributed by atoms with Gasteiger partial charge in [0, 0.05) is 6.54 Å². The molecule has 1 unspecified atom stereocenters. The highest BCUT2D eigenvalue weighted by Gasteiger charge is 2.18. The maximum atomic E-state index is 9.95. The van der Waals surface area contributed by atoms with Gasteiger partial charge in [0.05, 0.1) is 12.7 Å². The van der Waals surface area contributed by atoms with Crippen molar-refractivity contribution in [1.82, 2.24) is 5.32 Å². The summed E-state index contributed by atoms with van der Waals surface area (Å²) in [6.45, 7) is 2.33. The van der Waals surface area contributed by atoms with Crippen LogP contribution in [0.3, 0.4) is 0 Å². The Kier molecular flexibility index (Phi) is 6.89. The lowest BCUT2D eigenvalue weighted by molar-refractivity contribution is 0.140. The Labute approximate surface area is 122 Å². The molecule has 3 heteroatoms. The molecule has 2 rings (SSSR count). The van der Waals surface area contributed by atoms with Gasteiger partial charge in [0.25, 0.3) is 0 Å². The summed E-state index contributed by atoms with van der Waals surface area (Å²) in [5, 5.41) is 13.3. The van der Waals surface area contributed by atoms with Crippen LogP contribution in [0.2, 0.25) is 0 Å². The SMILES string of the molecule is OC(CNCCCOc1ccccc1)CC1CCCC1. The van der Waals surface area contributed by atoms with E-state index < -0.39 is 0 Å². The van der Waals surface area contributed by atoms with Crippen molar-refractivity contribution < 1.29 is 9.84 Å². The Bertz CT molecular complexity index is 349. The van der Waals surface area contributed by atoms with Crippen LogP contribution in [-0.2, 0) is 0 Å². The van der Waals surface area contributed by atoms with Gasteiger partial charge in [-0.1, -0.05) is 43.9 Å². The summed E-state index contributed by atoms with van der Waals surface area (Å²) < 4.78 is 5.62. The summed E-state index contributed by atoms with van der Waals surface area (Å²) in [4.78, 5) is 0. The van der Waals surface area contributed by atoms with Crippen molar-refractivity contribution in [2.24, 2.45) is 5.92 Å². The molecule has 20 heavy (non-hydrogen) atoms. The Balaban J connectivity index is 1.45. The zero-order chi connectivity index (χ0) is 14.0. The Morgan fingerprint density at radius 2 is 1.95 bits per heavy atom. The second kappa shape index (κ2) is 8.98. The molecule has 1 aliphatic rings. The van der Waals surface area contributed by atoms with E-state index in [1.54, 1.807) is 0 Å². The van der Waals surface area contributed by atoms with Gasteiger partial charge in [-0.3, -0.25) is 0 Å². The molecule has 112 valence electrons. The van der Waals surface area contributed by atoms with Crippen molar-refractivity contribution in [3.63, 3.8) is 0 Å². The number of aliphatic hydroxyl groups is 1. The first-order chi connectivity index (χ1) is 9.84. The Morgan fingerprint density at radius 1 is 1.20 bits per heavy atom. The van der Waals surface area contributed by atoms with Gasteiger partial charge in [-0.2, -0.15) is 0 Å². The van der Waals surface area contributed by atoms with Gasteiger partial charge in [-0.15, -0.1) is 0 Å². The fourth-order valence-electron chi connectivity index (χ4n) is 2.89. The Morgan fingerprint density at radius 3 is 2.70 bits per heavy atom. The highest BCUT2D eigenvalue weighted by atomic mass is 16.5. The lowest BCUT2D eigenvalue weighted by atomic mass is 10.0. The maximum Gasteiger partial charge on any atom is 0.119 e. The highest BCUT2D eigenvalue weighted by Crippen LogP contribution is 2.28. The molecule has 1 aromatic carbocycles. The first-order valence-electron chi connectivity index (χ1n) is 7.91.